The van der Waals surface area contributed by atoms with E-state index in [-0.39, 0.29) is 5.91 Å². The van der Waals surface area contributed by atoms with Gasteiger partial charge in [0, 0.05) is 31.0 Å². The Morgan fingerprint density at radius 2 is 2.15 bits per heavy atom. The van der Waals surface area contributed by atoms with E-state index in [4.69, 9.17) is 18.0 Å². The van der Waals surface area contributed by atoms with Crippen molar-refractivity contribution in [2.75, 3.05) is 11.9 Å². The summed E-state index contributed by atoms with van der Waals surface area (Å²) < 4.78 is 1.67. The van der Waals surface area contributed by atoms with Crippen molar-refractivity contribution < 1.29 is 4.79 Å². The van der Waals surface area contributed by atoms with Crippen molar-refractivity contribution in [2.24, 2.45) is 12.8 Å². The second kappa shape index (κ2) is 5.42. The number of rotatable bonds is 3. The number of aromatic nitrogens is 2. The van der Waals surface area contributed by atoms with Gasteiger partial charge in [-0.15, -0.1) is 0 Å². The third-order valence-electron chi connectivity index (χ3n) is 3.29. The van der Waals surface area contributed by atoms with Crippen LogP contribution in [0.1, 0.15) is 21.6 Å². The minimum absolute atomic E-state index is 0.115. The van der Waals surface area contributed by atoms with Crippen LogP contribution in [0.25, 0.3) is 0 Å². The highest BCUT2D eigenvalue weighted by Gasteiger charge is 2.18. The smallest absolute Gasteiger partial charge is 0.261 e. The van der Waals surface area contributed by atoms with Gasteiger partial charge in [0.25, 0.3) is 5.91 Å². The topological polar surface area (TPSA) is 64.2 Å². The molecule has 1 aromatic heterocycles. The molecule has 1 aromatic carbocycles. The molecule has 0 aliphatic carbocycles. The van der Waals surface area contributed by atoms with Crippen LogP contribution in [0.15, 0.2) is 30.5 Å². The SMILES string of the molecule is Cc1c(C(=O)N(C)c2cccc(C(N)=S)c2)cnn1C. The first-order chi connectivity index (χ1) is 9.41. The molecule has 0 saturated carbocycles. The van der Waals surface area contributed by atoms with Gasteiger partial charge in [0.1, 0.15) is 4.99 Å². The number of hydrogen-bond donors (Lipinski definition) is 1. The van der Waals surface area contributed by atoms with Crippen LogP contribution in [0.4, 0.5) is 5.69 Å². The number of aryl methyl sites for hydroxylation is 1. The van der Waals surface area contributed by atoms with E-state index in [1.165, 1.54) is 0 Å². The Bertz CT molecular complexity index is 678. The second-order valence-corrected chi connectivity index (χ2v) is 4.99. The molecule has 1 amide bonds. The molecular formula is C14H16N4OS. The van der Waals surface area contributed by atoms with Crippen molar-refractivity contribution in [2.45, 2.75) is 6.92 Å². The van der Waals surface area contributed by atoms with E-state index in [2.05, 4.69) is 5.10 Å². The lowest BCUT2D eigenvalue weighted by molar-refractivity contribution is 0.0992. The molecule has 2 rings (SSSR count). The second-order valence-electron chi connectivity index (χ2n) is 4.55. The fraction of sp³-hybridized carbons (Fsp3) is 0.214. The number of benzene rings is 1. The van der Waals surface area contributed by atoms with Crippen LogP contribution >= 0.6 is 12.2 Å². The van der Waals surface area contributed by atoms with Gasteiger partial charge < -0.3 is 10.6 Å². The Balaban J connectivity index is 2.34. The van der Waals surface area contributed by atoms with Crippen molar-refractivity contribution >= 4 is 28.8 Å². The maximum Gasteiger partial charge on any atom is 0.261 e. The van der Waals surface area contributed by atoms with Crippen LogP contribution in [0.5, 0.6) is 0 Å². The molecule has 0 bridgehead atoms. The highest BCUT2D eigenvalue weighted by molar-refractivity contribution is 7.80. The molecule has 104 valence electrons. The third-order valence-corrected chi connectivity index (χ3v) is 3.52. The first kappa shape index (κ1) is 14.2. The maximum atomic E-state index is 12.5. The van der Waals surface area contributed by atoms with Crippen LogP contribution in [0.3, 0.4) is 0 Å². The highest BCUT2D eigenvalue weighted by atomic mass is 32.1. The average Bonchev–Trinajstić information content (AvgIpc) is 2.77. The molecule has 0 aliphatic heterocycles. The average molecular weight is 288 g/mol. The van der Waals surface area contributed by atoms with E-state index in [1.54, 1.807) is 35.9 Å². The maximum absolute atomic E-state index is 12.5. The van der Waals surface area contributed by atoms with Crippen LogP contribution in [0.2, 0.25) is 0 Å². The number of carbonyl (C=O) groups excluding carboxylic acids is 1. The van der Waals surface area contributed by atoms with Gasteiger partial charge in [0.2, 0.25) is 0 Å². The van der Waals surface area contributed by atoms with Crippen molar-refractivity contribution in [3.63, 3.8) is 0 Å². The molecule has 0 spiro atoms. The Kier molecular flexibility index (Phi) is 3.85. The molecule has 2 aromatic rings. The van der Waals surface area contributed by atoms with E-state index in [0.29, 0.717) is 10.6 Å². The van der Waals surface area contributed by atoms with Crippen LogP contribution in [-0.2, 0) is 7.05 Å². The first-order valence-corrected chi connectivity index (χ1v) is 6.49. The van der Waals surface area contributed by atoms with Crippen LogP contribution < -0.4 is 10.6 Å². The molecule has 0 radical (unpaired) electrons. The molecule has 5 nitrogen and oxygen atoms in total. The Morgan fingerprint density at radius 3 is 2.70 bits per heavy atom. The normalized spacial score (nSPS) is 10.3. The van der Waals surface area contributed by atoms with Gasteiger partial charge in [0.05, 0.1) is 11.8 Å². The molecule has 0 saturated heterocycles. The summed E-state index contributed by atoms with van der Waals surface area (Å²) in [5.74, 6) is -0.115. The summed E-state index contributed by atoms with van der Waals surface area (Å²) in [5, 5.41) is 4.09. The molecular weight excluding hydrogens is 272 g/mol. The van der Waals surface area contributed by atoms with Gasteiger partial charge >= 0.3 is 0 Å². The Morgan fingerprint density at radius 1 is 1.45 bits per heavy atom. The van der Waals surface area contributed by atoms with Gasteiger partial charge in [-0.3, -0.25) is 9.48 Å². The zero-order valence-corrected chi connectivity index (χ0v) is 12.4. The minimum atomic E-state index is -0.115. The van der Waals surface area contributed by atoms with Crippen molar-refractivity contribution in [3.8, 4) is 0 Å². The van der Waals surface area contributed by atoms with E-state index >= 15 is 0 Å². The third kappa shape index (κ3) is 2.55. The van der Waals surface area contributed by atoms with Gasteiger partial charge in [-0.1, -0.05) is 24.4 Å². The van der Waals surface area contributed by atoms with Crippen molar-refractivity contribution in [1.29, 1.82) is 0 Å². The summed E-state index contributed by atoms with van der Waals surface area (Å²) in [5.41, 5.74) is 8.49. The number of thiocarbonyl (C=S) groups is 1. The highest BCUT2D eigenvalue weighted by Crippen LogP contribution is 2.18. The number of nitrogens with two attached hydrogens (primary N) is 1. The molecule has 0 atom stereocenters. The molecule has 6 heteroatoms. The standard InChI is InChI=1S/C14H16N4OS/c1-9-12(8-16-18(9)3)14(19)17(2)11-6-4-5-10(7-11)13(15)20/h4-8H,1-3H3,(H2,15,20). The Hall–Kier alpha value is -2.21. The fourth-order valence-electron chi connectivity index (χ4n) is 1.87. The monoisotopic (exact) mass is 288 g/mol. The van der Waals surface area contributed by atoms with Crippen LogP contribution in [0, 0.1) is 6.92 Å². The summed E-state index contributed by atoms with van der Waals surface area (Å²) in [7, 11) is 3.52. The van der Waals surface area contributed by atoms with Crippen molar-refractivity contribution in [1.82, 2.24) is 9.78 Å². The van der Waals surface area contributed by atoms with Crippen LogP contribution in [-0.4, -0.2) is 27.7 Å². The summed E-state index contributed by atoms with van der Waals surface area (Å²) in [4.78, 5) is 14.3. The quantitative estimate of drug-likeness (QED) is 0.872. The summed E-state index contributed by atoms with van der Waals surface area (Å²) in [6.45, 7) is 1.86. The molecule has 0 fully saturated rings. The minimum Gasteiger partial charge on any atom is -0.389 e. The number of hydrogen-bond acceptors (Lipinski definition) is 3. The zero-order valence-electron chi connectivity index (χ0n) is 11.6. The van der Waals surface area contributed by atoms with Gasteiger partial charge in [-0.25, -0.2) is 0 Å². The molecule has 20 heavy (non-hydrogen) atoms. The van der Waals surface area contributed by atoms with Gasteiger partial charge in [-0.2, -0.15) is 5.10 Å². The fourth-order valence-corrected chi connectivity index (χ4v) is 2.00. The van der Waals surface area contributed by atoms with E-state index in [9.17, 15) is 4.79 Å². The van der Waals surface area contributed by atoms with E-state index in [1.807, 2.05) is 25.1 Å². The van der Waals surface area contributed by atoms with Gasteiger partial charge in [0.15, 0.2) is 0 Å². The zero-order chi connectivity index (χ0) is 14.9. The van der Waals surface area contributed by atoms with E-state index < -0.39 is 0 Å². The lowest BCUT2D eigenvalue weighted by Crippen LogP contribution is -2.27. The summed E-state index contributed by atoms with van der Waals surface area (Å²) >= 11 is 4.95. The molecule has 0 unspecified atom stereocenters. The predicted molar refractivity (Wildman–Crippen MR) is 83.0 cm³/mol. The number of anilines is 1. The molecule has 2 N–H and O–H groups in total. The van der Waals surface area contributed by atoms with Gasteiger partial charge in [-0.05, 0) is 19.1 Å². The summed E-state index contributed by atoms with van der Waals surface area (Å²) in [6, 6.07) is 7.28. The molecule has 1 heterocycles. The Labute approximate surface area is 123 Å². The first-order valence-electron chi connectivity index (χ1n) is 6.08. The lowest BCUT2D eigenvalue weighted by Gasteiger charge is -2.17. The lowest BCUT2D eigenvalue weighted by atomic mass is 10.1. The predicted octanol–water partition coefficient (Wildman–Crippen LogP) is 1.64. The number of nitrogens with zero attached hydrogens (tertiary/aromatic N) is 3. The largest absolute Gasteiger partial charge is 0.389 e. The van der Waals surface area contributed by atoms with Crippen molar-refractivity contribution in [3.05, 3.63) is 47.3 Å². The molecule has 0 aliphatic rings. The number of amides is 1. The van der Waals surface area contributed by atoms with E-state index in [0.717, 1.165) is 16.9 Å². The summed E-state index contributed by atoms with van der Waals surface area (Å²) in [6.07, 6.45) is 1.57. The number of carbonyl (C=O) groups is 1.